The molecule has 6 nitrogen and oxygen atoms in total. The standard InChI is InChI=1S/C8H14N2O4/c9-8(13)10-2-1-6(3-10)4-14-5-7(11)12/h6H,1-5H2,(H2,9,13)(H,11,12). The molecule has 0 aliphatic carbocycles. The summed E-state index contributed by atoms with van der Waals surface area (Å²) in [5.41, 5.74) is 5.09. The van der Waals surface area contributed by atoms with Gasteiger partial charge in [-0.15, -0.1) is 0 Å². The van der Waals surface area contributed by atoms with Gasteiger partial charge in [0.25, 0.3) is 0 Å². The fraction of sp³-hybridized carbons (Fsp3) is 0.750. The van der Waals surface area contributed by atoms with Gasteiger partial charge in [0.15, 0.2) is 0 Å². The zero-order valence-electron chi connectivity index (χ0n) is 7.81. The first-order valence-electron chi connectivity index (χ1n) is 4.43. The molecule has 1 atom stereocenters. The van der Waals surface area contributed by atoms with Crippen LogP contribution < -0.4 is 5.73 Å². The number of urea groups is 1. The summed E-state index contributed by atoms with van der Waals surface area (Å²) in [4.78, 5) is 22.4. The van der Waals surface area contributed by atoms with Crippen molar-refractivity contribution in [1.82, 2.24) is 4.90 Å². The quantitative estimate of drug-likeness (QED) is 0.642. The van der Waals surface area contributed by atoms with E-state index in [1.54, 1.807) is 0 Å². The Hall–Kier alpha value is -1.30. The largest absolute Gasteiger partial charge is 0.480 e. The molecule has 0 aromatic heterocycles. The number of carbonyl (C=O) groups excluding carboxylic acids is 1. The minimum Gasteiger partial charge on any atom is -0.480 e. The van der Waals surface area contributed by atoms with Crippen molar-refractivity contribution in [3.05, 3.63) is 0 Å². The molecule has 1 heterocycles. The van der Waals surface area contributed by atoms with E-state index >= 15 is 0 Å². The van der Waals surface area contributed by atoms with E-state index < -0.39 is 12.0 Å². The van der Waals surface area contributed by atoms with E-state index in [9.17, 15) is 9.59 Å². The Morgan fingerprint density at radius 2 is 2.29 bits per heavy atom. The second kappa shape index (κ2) is 4.80. The number of nitrogens with two attached hydrogens (primary N) is 1. The number of carbonyl (C=O) groups is 2. The van der Waals surface area contributed by atoms with E-state index in [1.165, 1.54) is 4.90 Å². The van der Waals surface area contributed by atoms with Crippen LogP contribution in [-0.4, -0.2) is 48.3 Å². The molecule has 1 fully saturated rings. The highest BCUT2D eigenvalue weighted by Crippen LogP contribution is 2.15. The topological polar surface area (TPSA) is 92.9 Å². The Balaban J connectivity index is 2.16. The molecule has 0 saturated carbocycles. The van der Waals surface area contributed by atoms with Gasteiger partial charge in [0.2, 0.25) is 0 Å². The summed E-state index contributed by atoms with van der Waals surface area (Å²) >= 11 is 0. The molecule has 80 valence electrons. The average Bonchev–Trinajstić information content (AvgIpc) is 2.52. The third-order valence-electron chi connectivity index (χ3n) is 2.18. The average molecular weight is 202 g/mol. The second-order valence-electron chi connectivity index (χ2n) is 3.35. The number of hydrogen-bond donors (Lipinski definition) is 2. The van der Waals surface area contributed by atoms with Gasteiger partial charge in [-0.1, -0.05) is 0 Å². The van der Waals surface area contributed by atoms with E-state index in [4.69, 9.17) is 15.6 Å². The van der Waals surface area contributed by atoms with Gasteiger partial charge in [-0.2, -0.15) is 0 Å². The maximum Gasteiger partial charge on any atom is 0.329 e. The molecular weight excluding hydrogens is 188 g/mol. The number of carboxylic acids is 1. The van der Waals surface area contributed by atoms with Crippen molar-refractivity contribution in [2.24, 2.45) is 11.7 Å². The number of rotatable bonds is 4. The van der Waals surface area contributed by atoms with Gasteiger partial charge in [0.1, 0.15) is 6.61 Å². The van der Waals surface area contributed by atoms with Crippen molar-refractivity contribution in [1.29, 1.82) is 0 Å². The summed E-state index contributed by atoms with van der Waals surface area (Å²) in [6, 6.07) is -0.425. The molecule has 3 N–H and O–H groups in total. The third-order valence-corrected chi connectivity index (χ3v) is 2.18. The lowest BCUT2D eigenvalue weighted by Crippen LogP contribution is -2.34. The summed E-state index contributed by atoms with van der Waals surface area (Å²) in [7, 11) is 0. The van der Waals surface area contributed by atoms with Crippen LogP contribution in [0.25, 0.3) is 0 Å². The summed E-state index contributed by atoms with van der Waals surface area (Å²) in [5.74, 6) is -0.767. The van der Waals surface area contributed by atoms with Crippen molar-refractivity contribution in [3.63, 3.8) is 0 Å². The molecule has 0 radical (unpaired) electrons. The molecule has 14 heavy (non-hydrogen) atoms. The van der Waals surface area contributed by atoms with Crippen LogP contribution >= 0.6 is 0 Å². The van der Waals surface area contributed by atoms with E-state index in [0.29, 0.717) is 19.7 Å². The Labute approximate surface area is 81.6 Å². The van der Waals surface area contributed by atoms with E-state index in [0.717, 1.165) is 6.42 Å². The Bertz CT molecular complexity index is 231. The number of hydrogen-bond acceptors (Lipinski definition) is 3. The lowest BCUT2D eigenvalue weighted by molar-refractivity contribution is -0.142. The first-order chi connectivity index (χ1) is 6.59. The molecule has 1 aliphatic rings. The lowest BCUT2D eigenvalue weighted by Gasteiger charge is -2.12. The molecule has 2 amide bonds. The van der Waals surface area contributed by atoms with Crippen LogP contribution in [0.2, 0.25) is 0 Å². The van der Waals surface area contributed by atoms with Crippen molar-refractivity contribution < 1.29 is 19.4 Å². The summed E-state index contributed by atoms with van der Waals surface area (Å²) in [6.07, 6.45) is 0.822. The Morgan fingerprint density at radius 3 is 2.79 bits per heavy atom. The maximum absolute atomic E-state index is 10.7. The van der Waals surface area contributed by atoms with Gasteiger partial charge in [0.05, 0.1) is 6.61 Å². The number of nitrogens with zero attached hydrogens (tertiary/aromatic N) is 1. The highest BCUT2D eigenvalue weighted by Gasteiger charge is 2.24. The summed E-state index contributed by atoms with van der Waals surface area (Å²) in [5, 5.41) is 8.32. The Kier molecular flexibility index (Phi) is 3.70. The number of amides is 2. The minimum absolute atomic E-state index is 0.210. The zero-order chi connectivity index (χ0) is 10.6. The Morgan fingerprint density at radius 1 is 1.57 bits per heavy atom. The molecule has 0 bridgehead atoms. The van der Waals surface area contributed by atoms with Gasteiger partial charge < -0.3 is 20.5 Å². The molecule has 1 aliphatic heterocycles. The smallest absolute Gasteiger partial charge is 0.329 e. The summed E-state index contributed by atoms with van der Waals surface area (Å²) < 4.78 is 4.93. The van der Waals surface area contributed by atoms with Crippen molar-refractivity contribution in [2.45, 2.75) is 6.42 Å². The van der Waals surface area contributed by atoms with Crippen molar-refractivity contribution in [2.75, 3.05) is 26.3 Å². The van der Waals surface area contributed by atoms with Crippen molar-refractivity contribution >= 4 is 12.0 Å². The van der Waals surface area contributed by atoms with Crippen LogP contribution in [-0.2, 0) is 9.53 Å². The third kappa shape index (κ3) is 3.21. The number of likely N-dealkylation sites (tertiary alicyclic amines) is 1. The molecule has 6 heteroatoms. The van der Waals surface area contributed by atoms with Gasteiger partial charge in [-0.3, -0.25) is 0 Å². The fourth-order valence-corrected chi connectivity index (χ4v) is 1.48. The predicted octanol–water partition coefficient (Wildman–Crippen LogP) is -0.512. The molecule has 1 unspecified atom stereocenters. The van der Waals surface area contributed by atoms with Crippen LogP contribution in [0.4, 0.5) is 4.79 Å². The van der Waals surface area contributed by atoms with Crippen LogP contribution in [0.15, 0.2) is 0 Å². The molecule has 1 saturated heterocycles. The van der Waals surface area contributed by atoms with Crippen molar-refractivity contribution in [3.8, 4) is 0 Å². The zero-order valence-corrected chi connectivity index (χ0v) is 7.81. The van der Waals surface area contributed by atoms with Crippen LogP contribution in [0.1, 0.15) is 6.42 Å². The number of primary amides is 1. The first kappa shape index (κ1) is 10.8. The maximum atomic E-state index is 10.7. The highest BCUT2D eigenvalue weighted by atomic mass is 16.5. The van der Waals surface area contributed by atoms with Crippen LogP contribution in [0, 0.1) is 5.92 Å². The molecular formula is C8H14N2O4. The predicted molar refractivity (Wildman–Crippen MR) is 47.7 cm³/mol. The minimum atomic E-state index is -0.977. The normalized spacial score (nSPS) is 21.1. The first-order valence-corrected chi connectivity index (χ1v) is 4.43. The fourth-order valence-electron chi connectivity index (χ4n) is 1.48. The van der Waals surface area contributed by atoms with E-state index in [-0.39, 0.29) is 12.5 Å². The molecule has 0 aromatic rings. The molecule has 0 spiro atoms. The number of carboxylic acid groups (broad SMARTS) is 1. The lowest BCUT2D eigenvalue weighted by atomic mass is 10.1. The number of ether oxygens (including phenoxy) is 1. The van der Waals surface area contributed by atoms with Crippen LogP contribution in [0.3, 0.4) is 0 Å². The van der Waals surface area contributed by atoms with E-state index in [2.05, 4.69) is 0 Å². The summed E-state index contributed by atoms with van der Waals surface area (Å²) in [6.45, 7) is 1.29. The van der Waals surface area contributed by atoms with Gasteiger partial charge in [-0.05, 0) is 6.42 Å². The van der Waals surface area contributed by atoms with Gasteiger partial charge >= 0.3 is 12.0 Å². The molecule has 0 aromatic carbocycles. The highest BCUT2D eigenvalue weighted by molar-refractivity contribution is 5.72. The van der Waals surface area contributed by atoms with Crippen LogP contribution in [0.5, 0.6) is 0 Å². The SMILES string of the molecule is NC(=O)N1CCC(COCC(=O)O)C1. The van der Waals surface area contributed by atoms with Gasteiger partial charge in [0, 0.05) is 19.0 Å². The van der Waals surface area contributed by atoms with Gasteiger partial charge in [-0.25, -0.2) is 9.59 Å². The van der Waals surface area contributed by atoms with E-state index in [1.807, 2.05) is 0 Å². The molecule has 1 rings (SSSR count). The second-order valence-corrected chi connectivity index (χ2v) is 3.35. The monoisotopic (exact) mass is 202 g/mol. The number of aliphatic carboxylic acids is 1.